The Kier molecular flexibility index (Phi) is 4.56. The average molecular weight is 332 g/mol. The van der Waals surface area contributed by atoms with Crippen LogP contribution in [-0.4, -0.2) is 15.5 Å². The zero-order chi connectivity index (χ0) is 15.4. The van der Waals surface area contributed by atoms with E-state index in [9.17, 15) is 4.79 Å². The van der Waals surface area contributed by atoms with Gasteiger partial charge in [-0.2, -0.15) is 0 Å². The van der Waals surface area contributed by atoms with Gasteiger partial charge in [-0.3, -0.25) is 4.79 Å². The molecule has 22 heavy (non-hydrogen) atoms. The van der Waals surface area contributed by atoms with Crippen molar-refractivity contribution in [2.75, 3.05) is 0 Å². The Morgan fingerprint density at radius 1 is 1.23 bits per heavy atom. The predicted molar refractivity (Wildman–Crippen MR) is 88.4 cm³/mol. The third-order valence-electron chi connectivity index (χ3n) is 3.11. The van der Waals surface area contributed by atoms with Gasteiger partial charge in [-0.1, -0.05) is 23.7 Å². The maximum Gasteiger partial charge on any atom is 0.226 e. The van der Waals surface area contributed by atoms with Crippen LogP contribution in [0.5, 0.6) is 0 Å². The van der Waals surface area contributed by atoms with Crippen molar-refractivity contribution in [3.8, 4) is 5.13 Å². The number of nitrogens with zero attached hydrogens (tertiary/aromatic N) is 2. The lowest BCUT2D eigenvalue weighted by Gasteiger charge is -2.04. The number of aromatic nitrogens is 2. The Bertz CT molecular complexity index is 750. The van der Waals surface area contributed by atoms with Crippen molar-refractivity contribution >= 4 is 28.8 Å². The summed E-state index contributed by atoms with van der Waals surface area (Å²) in [7, 11) is 0. The van der Waals surface area contributed by atoms with E-state index >= 15 is 0 Å². The zero-order valence-electron chi connectivity index (χ0n) is 11.7. The summed E-state index contributed by atoms with van der Waals surface area (Å²) in [5, 5.41) is 6.36. The first-order chi connectivity index (χ1) is 10.7. The quantitative estimate of drug-likeness (QED) is 0.778. The molecule has 0 saturated carbocycles. The van der Waals surface area contributed by atoms with Crippen molar-refractivity contribution in [3.05, 3.63) is 70.5 Å². The average Bonchev–Trinajstić information content (AvgIpc) is 3.17. The molecule has 2 heterocycles. The van der Waals surface area contributed by atoms with Gasteiger partial charge in [-0.25, -0.2) is 4.98 Å². The number of nitrogens with one attached hydrogen (secondary N) is 1. The van der Waals surface area contributed by atoms with Crippen LogP contribution < -0.4 is 5.32 Å². The number of carbonyl (C=O) groups is 1. The zero-order valence-corrected chi connectivity index (χ0v) is 13.3. The number of hydrogen-bond donors (Lipinski definition) is 1. The number of hydrogen-bond acceptors (Lipinski definition) is 3. The molecular formula is C16H14ClN3OS. The van der Waals surface area contributed by atoms with E-state index in [2.05, 4.69) is 10.3 Å². The molecule has 6 heteroatoms. The van der Waals surface area contributed by atoms with Crippen LogP contribution in [0.1, 0.15) is 11.3 Å². The molecule has 1 amide bonds. The summed E-state index contributed by atoms with van der Waals surface area (Å²) in [6.45, 7) is 0.491. The number of amides is 1. The molecule has 3 aromatic rings. The fourth-order valence-electron chi connectivity index (χ4n) is 1.99. The molecule has 0 aliphatic carbocycles. The largest absolute Gasteiger partial charge is 0.352 e. The SMILES string of the molecule is O=C(Cc1csc(-n2cccc2)n1)NCc1ccc(Cl)cc1. The van der Waals surface area contributed by atoms with Gasteiger partial charge in [0.15, 0.2) is 5.13 Å². The third kappa shape index (κ3) is 3.75. The van der Waals surface area contributed by atoms with E-state index in [1.54, 1.807) is 0 Å². The highest BCUT2D eigenvalue weighted by atomic mass is 35.5. The lowest BCUT2D eigenvalue weighted by atomic mass is 10.2. The first kappa shape index (κ1) is 14.8. The van der Waals surface area contributed by atoms with E-state index in [4.69, 9.17) is 11.6 Å². The molecule has 0 spiro atoms. The molecule has 1 aromatic carbocycles. The van der Waals surface area contributed by atoms with Crippen molar-refractivity contribution in [1.29, 1.82) is 0 Å². The van der Waals surface area contributed by atoms with E-state index in [1.165, 1.54) is 11.3 Å². The summed E-state index contributed by atoms with van der Waals surface area (Å²) in [5.41, 5.74) is 1.80. The highest BCUT2D eigenvalue weighted by Gasteiger charge is 2.08. The van der Waals surface area contributed by atoms with E-state index < -0.39 is 0 Å². The Morgan fingerprint density at radius 2 is 1.95 bits per heavy atom. The van der Waals surface area contributed by atoms with Crippen molar-refractivity contribution < 1.29 is 4.79 Å². The predicted octanol–water partition coefficient (Wildman–Crippen LogP) is 3.45. The monoisotopic (exact) mass is 331 g/mol. The fourth-order valence-corrected chi connectivity index (χ4v) is 2.90. The van der Waals surface area contributed by atoms with E-state index in [0.29, 0.717) is 11.6 Å². The summed E-state index contributed by atoms with van der Waals surface area (Å²) in [4.78, 5) is 16.4. The molecular weight excluding hydrogens is 318 g/mol. The molecule has 0 bridgehead atoms. The minimum atomic E-state index is -0.0423. The second kappa shape index (κ2) is 6.77. The van der Waals surface area contributed by atoms with E-state index in [-0.39, 0.29) is 12.3 Å². The highest BCUT2D eigenvalue weighted by Crippen LogP contribution is 2.15. The standard InChI is InChI=1S/C16H14ClN3OS/c17-13-5-3-12(4-6-13)10-18-15(21)9-14-11-22-16(19-14)20-7-1-2-8-20/h1-8,11H,9-10H2,(H,18,21). The normalized spacial score (nSPS) is 10.6. The first-order valence-corrected chi connectivity index (χ1v) is 8.05. The van der Waals surface area contributed by atoms with Gasteiger partial charge < -0.3 is 9.88 Å². The third-order valence-corrected chi connectivity index (χ3v) is 4.26. The Labute approximate surface area is 137 Å². The van der Waals surface area contributed by atoms with Crippen molar-refractivity contribution in [2.24, 2.45) is 0 Å². The Morgan fingerprint density at radius 3 is 2.68 bits per heavy atom. The van der Waals surface area contributed by atoms with Gasteiger partial charge in [0.05, 0.1) is 12.1 Å². The molecule has 112 valence electrons. The molecule has 0 unspecified atom stereocenters. The van der Waals surface area contributed by atoms with Crippen LogP contribution in [0.25, 0.3) is 5.13 Å². The number of carbonyl (C=O) groups excluding carboxylic acids is 1. The van der Waals surface area contributed by atoms with Crippen LogP contribution in [0.15, 0.2) is 54.2 Å². The summed E-state index contributed by atoms with van der Waals surface area (Å²) in [6, 6.07) is 11.3. The van der Waals surface area contributed by atoms with Gasteiger partial charge in [0, 0.05) is 29.3 Å². The minimum absolute atomic E-state index is 0.0423. The maximum absolute atomic E-state index is 12.0. The van der Waals surface area contributed by atoms with Gasteiger partial charge in [0.25, 0.3) is 0 Å². The Balaban J connectivity index is 1.54. The molecule has 3 rings (SSSR count). The van der Waals surface area contributed by atoms with E-state index in [0.717, 1.165) is 16.4 Å². The number of rotatable bonds is 5. The van der Waals surface area contributed by atoms with Crippen LogP contribution >= 0.6 is 22.9 Å². The molecule has 0 fully saturated rings. The molecule has 0 radical (unpaired) electrons. The Hall–Kier alpha value is -2.11. The smallest absolute Gasteiger partial charge is 0.226 e. The van der Waals surface area contributed by atoms with Gasteiger partial charge in [0.1, 0.15) is 0 Å². The van der Waals surface area contributed by atoms with Crippen LogP contribution in [0.2, 0.25) is 5.02 Å². The lowest BCUT2D eigenvalue weighted by Crippen LogP contribution is -2.24. The number of thiazole rings is 1. The minimum Gasteiger partial charge on any atom is -0.352 e. The molecule has 1 N–H and O–H groups in total. The van der Waals surface area contributed by atoms with Crippen LogP contribution in [-0.2, 0) is 17.8 Å². The molecule has 2 aromatic heterocycles. The lowest BCUT2D eigenvalue weighted by molar-refractivity contribution is -0.120. The maximum atomic E-state index is 12.0. The first-order valence-electron chi connectivity index (χ1n) is 6.79. The molecule has 0 aliphatic heterocycles. The summed E-state index contributed by atoms with van der Waals surface area (Å²) in [5.74, 6) is -0.0423. The van der Waals surface area contributed by atoms with Crippen LogP contribution in [0.4, 0.5) is 0 Å². The molecule has 4 nitrogen and oxygen atoms in total. The second-order valence-corrected chi connectivity index (χ2v) is 6.06. The van der Waals surface area contributed by atoms with Crippen molar-refractivity contribution in [1.82, 2.24) is 14.9 Å². The number of halogens is 1. The highest BCUT2D eigenvalue weighted by molar-refractivity contribution is 7.12. The summed E-state index contributed by atoms with van der Waals surface area (Å²) < 4.78 is 1.93. The molecule has 0 saturated heterocycles. The second-order valence-electron chi connectivity index (χ2n) is 4.79. The molecule has 0 aliphatic rings. The summed E-state index contributed by atoms with van der Waals surface area (Å²) in [6.07, 6.45) is 4.15. The molecule has 0 atom stereocenters. The topological polar surface area (TPSA) is 46.9 Å². The fraction of sp³-hybridized carbons (Fsp3) is 0.125. The van der Waals surface area contributed by atoms with Gasteiger partial charge in [0.2, 0.25) is 5.91 Å². The van der Waals surface area contributed by atoms with Gasteiger partial charge >= 0.3 is 0 Å². The van der Waals surface area contributed by atoms with Crippen molar-refractivity contribution in [3.63, 3.8) is 0 Å². The van der Waals surface area contributed by atoms with Crippen LogP contribution in [0, 0.1) is 0 Å². The van der Waals surface area contributed by atoms with E-state index in [1.807, 2.05) is 58.7 Å². The van der Waals surface area contributed by atoms with Crippen LogP contribution in [0.3, 0.4) is 0 Å². The van der Waals surface area contributed by atoms with Gasteiger partial charge in [-0.15, -0.1) is 11.3 Å². The number of benzene rings is 1. The van der Waals surface area contributed by atoms with Crippen molar-refractivity contribution in [2.45, 2.75) is 13.0 Å². The van der Waals surface area contributed by atoms with Gasteiger partial charge in [-0.05, 0) is 29.8 Å². The summed E-state index contributed by atoms with van der Waals surface area (Å²) >= 11 is 7.35.